The molecular weight excluding hydrogens is 490 g/mol. The molecule has 1 fully saturated rings. The van der Waals surface area contributed by atoms with E-state index in [-0.39, 0.29) is 29.8 Å². The number of nitrogens with zero attached hydrogens (tertiary/aromatic N) is 3. The van der Waals surface area contributed by atoms with Crippen LogP contribution in [0.3, 0.4) is 0 Å². The number of thiazole rings is 1. The quantitative estimate of drug-likeness (QED) is 0.470. The van der Waals surface area contributed by atoms with Gasteiger partial charge in [0.15, 0.2) is 15.0 Å². The number of ether oxygens (including phenoxy) is 1. The number of methoxy groups -OCH3 is 1. The van der Waals surface area contributed by atoms with Crippen LogP contribution in [0.1, 0.15) is 19.3 Å². The molecule has 12 heteroatoms. The second-order valence-electron chi connectivity index (χ2n) is 8.35. The van der Waals surface area contributed by atoms with Crippen LogP contribution in [-0.2, 0) is 19.4 Å². The first-order valence-corrected chi connectivity index (χ1v) is 13.8. The topological polar surface area (TPSA) is 131 Å². The van der Waals surface area contributed by atoms with E-state index in [4.69, 9.17) is 4.74 Å². The summed E-state index contributed by atoms with van der Waals surface area (Å²) in [6.45, 7) is 1.47. The Hall–Kier alpha value is -3.09. The number of likely N-dealkylation sites (tertiary alicyclic amines) is 1. The number of amides is 3. The molecule has 0 unspecified atom stereocenters. The minimum Gasteiger partial charge on any atom is -0.383 e. The molecule has 1 aliphatic heterocycles. The van der Waals surface area contributed by atoms with E-state index >= 15 is 0 Å². The van der Waals surface area contributed by atoms with Gasteiger partial charge in [-0.3, -0.25) is 15.1 Å². The molecule has 0 spiro atoms. The average molecular weight is 518 g/mol. The molecule has 0 saturated carbocycles. The lowest BCUT2D eigenvalue weighted by Crippen LogP contribution is -2.40. The van der Waals surface area contributed by atoms with Gasteiger partial charge in [-0.1, -0.05) is 17.4 Å². The third-order valence-electron chi connectivity index (χ3n) is 5.76. The fourth-order valence-electron chi connectivity index (χ4n) is 4.03. The molecule has 186 valence electrons. The molecule has 0 aliphatic carbocycles. The molecule has 0 radical (unpaired) electrons. The second-order valence-corrected chi connectivity index (χ2v) is 11.4. The predicted molar refractivity (Wildman–Crippen MR) is 134 cm³/mol. The van der Waals surface area contributed by atoms with Gasteiger partial charge >= 0.3 is 6.03 Å². The monoisotopic (exact) mass is 517 g/mol. The van der Waals surface area contributed by atoms with Gasteiger partial charge in [0.2, 0.25) is 5.91 Å². The van der Waals surface area contributed by atoms with Gasteiger partial charge in [-0.2, -0.15) is 0 Å². The first-order valence-electron chi connectivity index (χ1n) is 11.1. The summed E-state index contributed by atoms with van der Waals surface area (Å²) in [6.07, 6.45) is 6.19. The van der Waals surface area contributed by atoms with Gasteiger partial charge in [0.05, 0.1) is 27.8 Å². The maximum atomic E-state index is 12.5. The van der Waals surface area contributed by atoms with Crippen molar-refractivity contribution >= 4 is 48.5 Å². The second kappa shape index (κ2) is 10.7. The van der Waals surface area contributed by atoms with Gasteiger partial charge in [-0.05, 0) is 36.6 Å². The van der Waals surface area contributed by atoms with Crippen molar-refractivity contribution in [3.05, 3.63) is 36.7 Å². The number of nitrogens with one attached hydrogen (secondary N) is 2. The molecule has 4 rings (SSSR count). The Labute approximate surface area is 207 Å². The zero-order valence-electron chi connectivity index (χ0n) is 19.5. The Morgan fingerprint density at radius 1 is 1.23 bits per heavy atom. The summed E-state index contributed by atoms with van der Waals surface area (Å²) in [5.41, 5.74) is 2.17. The first kappa shape index (κ1) is 25.0. The third-order valence-corrected chi connectivity index (χ3v) is 7.78. The van der Waals surface area contributed by atoms with E-state index in [1.807, 2.05) is 23.1 Å². The van der Waals surface area contributed by atoms with E-state index in [0.29, 0.717) is 22.8 Å². The molecule has 0 bridgehead atoms. The highest BCUT2D eigenvalue weighted by Crippen LogP contribution is 2.31. The summed E-state index contributed by atoms with van der Waals surface area (Å²) in [5.74, 6) is 0.00630. The number of fused-ring (bicyclic) bond motifs is 1. The summed E-state index contributed by atoms with van der Waals surface area (Å²) in [7, 11) is -1.74. The average Bonchev–Trinajstić information content (AvgIpc) is 3.44. The van der Waals surface area contributed by atoms with Crippen LogP contribution in [0.5, 0.6) is 0 Å². The van der Waals surface area contributed by atoms with Crippen LogP contribution in [0.4, 0.5) is 9.93 Å². The lowest BCUT2D eigenvalue weighted by molar-refractivity contribution is -0.132. The van der Waals surface area contributed by atoms with Crippen molar-refractivity contribution < 1.29 is 22.7 Å². The van der Waals surface area contributed by atoms with Crippen LogP contribution in [0.15, 0.2) is 41.6 Å². The predicted octanol–water partition coefficient (Wildman–Crippen LogP) is 2.91. The van der Waals surface area contributed by atoms with Gasteiger partial charge in [-0.15, -0.1) is 0 Å². The van der Waals surface area contributed by atoms with Crippen molar-refractivity contribution in [3.63, 3.8) is 0 Å². The number of benzene rings is 1. The van der Waals surface area contributed by atoms with E-state index in [9.17, 15) is 18.0 Å². The van der Waals surface area contributed by atoms with Crippen LogP contribution in [0, 0.1) is 0 Å². The fraction of sp³-hybridized carbons (Fsp3) is 0.391. The zero-order chi connectivity index (χ0) is 25.0. The number of hydrogen-bond acceptors (Lipinski definition) is 8. The van der Waals surface area contributed by atoms with E-state index in [1.165, 1.54) is 17.5 Å². The first-order chi connectivity index (χ1) is 16.7. The van der Waals surface area contributed by atoms with Gasteiger partial charge in [-0.25, -0.2) is 18.2 Å². The number of anilines is 1. The Balaban J connectivity index is 1.35. The minimum absolute atomic E-state index is 0.00630. The fourth-order valence-corrected chi connectivity index (χ4v) is 5.53. The molecule has 1 atom stereocenters. The van der Waals surface area contributed by atoms with E-state index < -0.39 is 15.9 Å². The molecule has 10 nitrogen and oxygen atoms in total. The standard InChI is InChI=1S/C23H27N5O5S2/c1-33-14-17-4-3-9-28(17)21(29)7-8-25-22(30)27-23-26-19-6-5-15(11-20(19)34-23)16-10-18(13-24-12-16)35(2,31)32/h5-6,10-13,17H,3-4,7-9,14H2,1-2H3,(H2,25,26,27,30)/t17-/m0/s1. The molecular formula is C23H27N5O5S2. The molecule has 2 N–H and O–H groups in total. The number of hydrogen-bond donors (Lipinski definition) is 2. The maximum Gasteiger partial charge on any atom is 0.321 e. The van der Waals surface area contributed by atoms with Crippen LogP contribution in [-0.4, -0.2) is 74.3 Å². The van der Waals surface area contributed by atoms with Crippen molar-refractivity contribution in [2.24, 2.45) is 0 Å². The smallest absolute Gasteiger partial charge is 0.321 e. The van der Waals surface area contributed by atoms with Crippen LogP contribution in [0.2, 0.25) is 0 Å². The van der Waals surface area contributed by atoms with Crippen molar-refractivity contribution in [2.45, 2.75) is 30.2 Å². The summed E-state index contributed by atoms with van der Waals surface area (Å²) < 4.78 is 29.7. The van der Waals surface area contributed by atoms with E-state index in [1.54, 1.807) is 19.4 Å². The van der Waals surface area contributed by atoms with Crippen LogP contribution >= 0.6 is 11.3 Å². The van der Waals surface area contributed by atoms with Gasteiger partial charge in [0.25, 0.3) is 0 Å². The van der Waals surface area contributed by atoms with Gasteiger partial charge in [0.1, 0.15) is 0 Å². The number of aromatic nitrogens is 2. The van der Waals surface area contributed by atoms with Crippen molar-refractivity contribution in [3.8, 4) is 11.1 Å². The molecule has 3 aromatic rings. The van der Waals surface area contributed by atoms with Gasteiger partial charge < -0.3 is 15.0 Å². The van der Waals surface area contributed by atoms with Crippen LogP contribution < -0.4 is 10.6 Å². The summed E-state index contributed by atoms with van der Waals surface area (Å²) in [5, 5.41) is 5.84. The van der Waals surface area contributed by atoms with Crippen molar-refractivity contribution in [2.75, 3.05) is 38.4 Å². The van der Waals surface area contributed by atoms with Crippen molar-refractivity contribution in [1.82, 2.24) is 20.2 Å². The molecule has 3 heterocycles. The molecule has 1 aromatic carbocycles. The SMILES string of the molecule is COC[C@@H]1CCCN1C(=O)CCNC(=O)Nc1nc2ccc(-c3cncc(S(C)(=O)=O)c3)cc2s1. The largest absolute Gasteiger partial charge is 0.383 e. The molecule has 35 heavy (non-hydrogen) atoms. The van der Waals surface area contributed by atoms with Crippen molar-refractivity contribution in [1.29, 1.82) is 0 Å². The summed E-state index contributed by atoms with van der Waals surface area (Å²) in [6, 6.07) is 6.77. The number of carbonyl (C=O) groups is 2. The lowest BCUT2D eigenvalue weighted by atomic mass is 10.1. The molecule has 2 aromatic heterocycles. The summed E-state index contributed by atoms with van der Waals surface area (Å²) in [4.78, 5) is 35.2. The highest BCUT2D eigenvalue weighted by molar-refractivity contribution is 7.90. The number of urea groups is 1. The van der Waals surface area contributed by atoms with Crippen LogP contribution in [0.25, 0.3) is 21.3 Å². The normalized spacial score (nSPS) is 15.9. The number of sulfone groups is 1. The Morgan fingerprint density at radius 3 is 2.83 bits per heavy atom. The third kappa shape index (κ3) is 6.13. The Morgan fingerprint density at radius 2 is 2.06 bits per heavy atom. The van der Waals surface area contributed by atoms with E-state index in [0.717, 1.165) is 35.9 Å². The number of carbonyl (C=O) groups excluding carboxylic acids is 2. The highest BCUT2D eigenvalue weighted by atomic mass is 32.2. The zero-order valence-corrected chi connectivity index (χ0v) is 21.1. The number of pyridine rings is 1. The number of rotatable bonds is 8. The minimum atomic E-state index is -3.36. The maximum absolute atomic E-state index is 12.5. The Bertz CT molecular complexity index is 1340. The molecule has 3 amide bonds. The lowest BCUT2D eigenvalue weighted by Gasteiger charge is -2.24. The summed E-state index contributed by atoms with van der Waals surface area (Å²) >= 11 is 1.30. The van der Waals surface area contributed by atoms with Gasteiger partial charge in [0, 0.05) is 50.8 Å². The highest BCUT2D eigenvalue weighted by Gasteiger charge is 2.28. The molecule has 1 aliphatic rings. The Kier molecular flexibility index (Phi) is 7.63. The van der Waals surface area contributed by atoms with E-state index in [2.05, 4.69) is 20.6 Å². The molecule has 1 saturated heterocycles.